The first kappa shape index (κ1) is 20.9. The largest absolute Gasteiger partial charge is 0.370 e. The highest BCUT2D eigenvalue weighted by Gasteiger charge is 2.19. The van der Waals surface area contributed by atoms with Crippen molar-refractivity contribution in [3.8, 4) is 0 Å². The van der Waals surface area contributed by atoms with E-state index < -0.39 is 0 Å². The maximum absolute atomic E-state index is 5.89. The molecule has 0 saturated carbocycles. The first-order valence-electron chi connectivity index (χ1n) is 8.03. The van der Waals surface area contributed by atoms with E-state index in [0.29, 0.717) is 17.9 Å². The molecule has 1 aliphatic rings. The van der Waals surface area contributed by atoms with E-state index >= 15 is 0 Å². The molecule has 0 aromatic rings. The molecule has 126 valence electrons. The highest BCUT2D eigenvalue weighted by molar-refractivity contribution is 14.0. The van der Waals surface area contributed by atoms with Crippen molar-refractivity contribution >= 4 is 29.9 Å². The first-order valence-corrected chi connectivity index (χ1v) is 8.03. The molecule has 5 nitrogen and oxygen atoms in total. The lowest BCUT2D eigenvalue weighted by atomic mass is 10.1. The molecule has 0 radical (unpaired) electrons. The highest BCUT2D eigenvalue weighted by atomic mass is 127. The fraction of sp³-hybridized carbons (Fsp3) is 0.933. The summed E-state index contributed by atoms with van der Waals surface area (Å²) >= 11 is 0. The van der Waals surface area contributed by atoms with Crippen LogP contribution in [0.5, 0.6) is 0 Å². The van der Waals surface area contributed by atoms with Crippen molar-refractivity contribution in [1.82, 2.24) is 15.1 Å². The Kier molecular flexibility index (Phi) is 11.4. The second-order valence-corrected chi connectivity index (χ2v) is 6.15. The molecule has 6 heteroatoms. The van der Waals surface area contributed by atoms with Gasteiger partial charge in [-0.2, -0.15) is 0 Å². The van der Waals surface area contributed by atoms with E-state index in [9.17, 15) is 0 Å². The first-order chi connectivity index (χ1) is 9.52. The number of nitrogens with two attached hydrogens (primary N) is 1. The third-order valence-corrected chi connectivity index (χ3v) is 4.03. The summed E-state index contributed by atoms with van der Waals surface area (Å²) in [5.74, 6) is 1.29. The average Bonchev–Trinajstić information content (AvgIpc) is 2.44. The van der Waals surface area contributed by atoms with Crippen LogP contribution < -0.4 is 11.1 Å². The number of hydrogen-bond donors (Lipinski definition) is 2. The SMILES string of the molecule is CCN1CCN(C(C)CN=C(N)NCCC(C)C)CC1.I. The molecule has 0 aromatic carbocycles. The second-order valence-electron chi connectivity index (χ2n) is 6.15. The standard InChI is InChI=1S/C15H33N5.HI/c1-5-19-8-10-20(11-9-19)14(4)12-18-15(16)17-7-6-13(2)3;/h13-14H,5-12H2,1-4H3,(H3,16,17,18);1H. The van der Waals surface area contributed by atoms with Gasteiger partial charge in [0, 0.05) is 38.8 Å². The number of rotatable bonds is 7. The van der Waals surface area contributed by atoms with Crippen molar-refractivity contribution in [2.45, 2.75) is 40.2 Å². The van der Waals surface area contributed by atoms with Gasteiger partial charge in [-0.3, -0.25) is 9.89 Å². The van der Waals surface area contributed by atoms with Gasteiger partial charge >= 0.3 is 0 Å². The van der Waals surface area contributed by atoms with Crippen molar-refractivity contribution in [2.75, 3.05) is 45.8 Å². The lowest BCUT2D eigenvalue weighted by molar-refractivity contribution is 0.109. The van der Waals surface area contributed by atoms with Gasteiger partial charge in [0.05, 0.1) is 6.54 Å². The minimum Gasteiger partial charge on any atom is -0.370 e. The van der Waals surface area contributed by atoms with Crippen LogP contribution in [0.4, 0.5) is 0 Å². The molecule has 1 atom stereocenters. The summed E-state index contributed by atoms with van der Waals surface area (Å²) in [6.45, 7) is 16.4. The maximum Gasteiger partial charge on any atom is 0.188 e. The molecule has 1 aliphatic heterocycles. The van der Waals surface area contributed by atoms with Crippen LogP contribution in [-0.4, -0.2) is 67.6 Å². The quantitative estimate of drug-likeness (QED) is 0.380. The molecule has 1 saturated heterocycles. The van der Waals surface area contributed by atoms with Crippen molar-refractivity contribution < 1.29 is 0 Å². The molecule has 1 unspecified atom stereocenters. The summed E-state index contributed by atoms with van der Waals surface area (Å²) in [4.78, 5) is 9.47. The molecule has 0 aromatic heterocycles. The van der Waals surface area contributed by atoms with E-state index in [1.165, 1.54) is 13.1 Å². The van der Waals surface area contributed by atoms with Gasteiger partial charge in [0.2, 0.25) is 0 Å². The zero-order chi connectivity index (χ0) is 15.0. The van der Waals surface area contributed by atoms with E-state index in [4.69, 9.17) is 5.73 Å². The predicted molar refractivity (Wildman–Crippen MR) is 103 cm³/mol. The number of nitrogens with zero attached hydrogens (tertiary/aromatic N) is 3. The molecule has 1 heterocycles. The van der Waals surface area contributed by atoms with Crippen LogP contribution in [0.25, 0.3) is 0 Å². The number of halogens is 1. The Morgan fingerprint density at radius 1 is 1.19 bits per heavy atom. The Bertz CT molecular complexity index is 288. The van der Waals surface area contributed by atoms with Gasteiger partial charge in [-0.15, -0.1) is 24.0 Å². The van der Waals surface area contributed by atoms with Crippen LogP contribution in [0, 0.1) is 5.92 Å². The fourth-order valence-electron chi connectivity index (χ4n) is 2.41. The van der Waals surface area contributed by atoms with E-state index in [0.717, 1.165) is 39.1 Å². The number of likely N-dealkylation sites (N-methyl/N-ethyl adjacent to an activating group) is 1. The molecule has 0 spiro atoms. The van der Waals surface area contributed by atoms with Crippen LogP contribution in [0.2, 0.25) is 0 Å². The fourth-order valence-corrected chi connectivity index (χ4v) is 2.41. The van der Waals surface area contributed by atoms with E-state index in [1.54, 1.807) is 0 Å². The Hall–Kier alpha value is -0.0800. The third kappa shape index (κ3) is 8.83. The van der Waals surface area contributed by atoms with Crippen LogP contribution in [0.3, 0.4) is 0 Å². The molecule has 0 aliphatic carbocycles. The summed E-state index contributed by atoms with van der Waals surface area (Å²) in [5.41, 5.74) is 5.89. The Labute approximate surface area is 147 Å². The summed E-state index contributed by atoms with van der Waals surface area (Å²) in [7, 11) is 0. The molecular formula is C15H34IN5. The summed E-state index contributed by atoms with van der Waals surface area (Å²) < 4.78 is 0. The number of hydrogen-bond acceptors (Lipinski definition) is 3. The van der Waals surface area contributed by atoms with Gasteiger partial charge in [-0.25, -0.2) is 0 Å². The van der Waals surface area contributed by atoms with Gasteiger partial charge < -0.3 is 16.0 Å². The summed E-state index contributed by atoms with van der Waals surface area (Å²) in [5, 5.41) is 3.19. The highest BCUT2D eigenvalue weighted by Crippen LogP contribution is 2.06. The Balaban J connectivity index is 0.00000400. The third-order valence-electron chi connectivity index (χ3n) is 4.03. The van der Waals surface area contributed by atoms with Crippen molar-refractivity contribution in [3.05, 3.63) is 0 Å². The molecule has 21 heavy (non-hydrogen) atoms. The molecule has 0 amide bonds. The number of guanidine groups is 1. The minimum atomic E-state index is 0. The average molecular weight is 411 g/mol. The van der Waals surface area contributed by atoms with E-state index in [2.05, 4.69) is 47.8 Å². The molecule has 3 N–H and O–H groups in total. The molecule has 1 fully saturated rings. The van der Waals surface area contributed by atoms with Crippen LogP contribution in [0.15, 0.2) is 4.99 Å². The maximum atomic E-state index is 5.89. The topological polar surface area (TPSA) is 56.9 Å². The Morgan fingerprint density at radius 3 is 2.33 bits per heavy atom. The van der Waals surface area contributed by atoms with Crippen LogP contribution in [0.1, 0.15) is 34.1 Å². The minimum absolute atomic E-state index is 0. The number of nitrogens with one attached hydrogen (secondary N) is 1. The van der Waals surface area contributed by atoms with Gasteiger partial charge in [-0.05, 0) is 25.8 Å². The lowest BCUT2D eigenvalue weighted by Crippen LogP contribution is -2.50. The van der Waals surface area contributed by atoms with Gasteiger partial charge in [0.1, 0.15) is 0 Å². The van der Waals surface area contributed by atoms with Crippen molar-refractivity contribution in [3.63, 3.8) is 0 Å². The zero-order valence-electron chi connectivity index (χ0n) is 14.1. The predicted octanol–water partition coefficient (Wildman–Crippen LogP) is 1.58. The van der Waals surface area contributed by atoms with Crippen LogP contribution in [-0.2, 0) is 0 Å². The Morgan fingerprint density at radius 2 is 1.81 bits per heavy atom. The smallest absolute Gasteiger partial charge is 0.188 e. The van der Waals surface area contributed by atoms with E-state index in [1.807, 2.05) is 0 Å². The summed E-state index contributed by atoms with van der Waals surface area (Å²) in [6, 6.07) is 0.472. The normalized spacial score (nSPS) is 19.4. The number of aliphatic imine (C=N–C) groups is 1. The second kappa shape index (κ2) is 11.5. The monoisotopic (exact) mass is 411 g/mol. The van der Waals surface area contributed by atoms with E-state index in [-0.39, 0.29) is 24.0 Å². The van der Waals surface area contributed by atoms with Gasteiger partial charge in [0.15, 0.2) is 5.96 Å². The summed E-state index contributed by atoms with van der Waals surface area (Å²) in [6.07, 6.45) is 1.13. The number of piperazine rings is 1. The van der Waals surface area contributed by atoms with Gasteiger partial charge in [0.25, 0.3) is 0 Å². The van der Waals surface area contributed by atoms with Crippen LogP contribution >= 0.6 is 24.0 Å². The molecular weight excluding hydrogens is 377 g/mol. The lowest BCUT2D eigenvalue weighted by Gasteiger charge is -2.37. The van der Waals surface area contributed by atoms with Gasteiger partial charge in [-0.1, -0.05) is 20.8 Å². The molecule has 0 bridgehead atoms. The van der Waals surface area contributed by atoms with Crippen molar-refractivity contribution in [1.29, 1.82) is 0 Å². The van der Waals surface area contributed by atoms with Crippen molar-refractivity contribution in [2.24, 2.45) is 16.6 Å². The zero-order valence-corrected chi connectivity index (χ0v) is 16.5. The molecule has 1 rings (SSSR count).